The van der Waals surface area contributed by atoms with Crippen LogP contribution in [0.2, 0.25) is 0 Å². The van der Waals surface area contributed by atoms with Crippen molar-refractivity contribution >= 4 is 5.97 Å². The fourth-order valence-corrected chi connectivity index (χ4v) is 1.79. The molecular formula is C10H17NO2. The average molecular weight is 183 g/mol. The summed E-state index contributed by atoms with van der Waals surface area (Å²) in [5, 5.41) is 3.17. The van der Waals surface area contributed by atoms with Gasteiger partial charge in [0.1, 0.15) is 6.04 Å². The molecule has 1 heterocycles. The molecule has 1 rings (SSSR count). The number of hydrogen-bond donors (Lipinski definition) is 1. The molecule has 0 aromatic heterocycles. The fourth-order valence-electron chi connectivity index (χ4n) is 1.79. The highest BCUT2D eigenvalue weighted by atomic mass is 16.5. The monoisotopic (exact) mass is 183 g/mol. The van der Waals surface area contributed by atoms with Crippen molar-refractivity contribution in [1.82, 2.24) is 5.32 Å². The Labute approximate surface area is 79.2 Å². The van der Waals surface area contributed by atoms with Gasteiger partial charge in [0.15, 0.2) is 0 Å². The lowest BCUT2D eigenvalue weighted by Crippen LogP contribution is -2.47. The van der Waals surface area contributed by atoms with E-state index >= 15 is 0 Å². The summed E-state index contributed by atoms with van der Waals surface area (Å²) in [6.45, 7) is 6.76. The Balaban J connectivity index is 2.67. The first kappa shape index (κ1) is 10.3. The number of nitrogens with one attached hydrogen (secondary N) is 1. The zero-order valence-corrected chi connectivity index (χ0v) is 8.30. The number of carbonyl (C=O) groups excluding carboxylic acids is 1. The van der Waals surface area contributed by atoms with Gasteiger partial charge in [0.2, 0.25) is 0 Å². The maximum atomic E-state index is 11.4. The lowest BCUT2D eigenvalue weighted by atomic mass is 9.86. The minimum atomic E-state index is -0.184. The Morgan fingerprint density at radius 2 is 2.31 bits per heavy atom. The van der Waals surface area contributed by atoms with Gasteiger partial charge < -0.3 is 10.1 Å². The topological polar surface area (TPSA) is 38.3 Å². The van der Waals surface area contributed by atoms with Gasteiger partial charge in [-0.3, -0.25) is 4.79 Å². The highest BCUT2D eigenvalue weighted by molar-refractivity contribution is 5.76. The lowest BCUT2D eigenvalue weighted by Gasteiger charge is -2.30. The van der Waals surface area contributed by atoms with Gasteiger partial charge in [0.25, 0.3) is 0 Å². The second-order valence-electron chi connectivity index (χ2n) is 3.55. The molecule has 3 heteroatoms. The molecule has 1 aliphatic rings. The molecule has 0 saturated carbocycles. The smallest absolute Gasteiger partial charge is 0.323 e. The van der Waals surface area contributed by atoms with E-state index in [2.05, 4.69) is 11.9 Å². The van der Waals surface area contributed by atoms with Gasteiger partial charge in [0, 0.05) is 5.92 Å². The van der Waals surface area contributed by atoms with Crippen molar-refractivity contribution in [2.75, 3.05) is 13.7 Å². The molecule has 0 radical (unpaired) electrons. The molecule has 2 atom stereocenters. The molecule has 3 nitrogen and oxygen atoms in total. The zero-order valence-electron chi connectivity index (χ0n) is 8.30. The van der Waals surface area contributed by atoms with Crippen molar-refractivity contribution in [3.05, 3.63) is 12.2 Å². The third kappa shape index (κ3) is 2.31. The van der Waals surface area contributed by atoms with Gasteiger partial charge in [-0.1, -0.05) is 12.2 Å². The van der Waals surface area contributed by atoms with Crippen LogP contribution in [0.4, 0.5) is 0 Å². The molecule has 0 aromatic rings. The molecule has 0 spiro atoms. The second kappa shape index (κ2) is 4.42. The zero-order chi connectivity index (χ0) is 9.84. The summed E-state index contributed by atoms with van der Waals surface area (Å²) in [7, 11) is 1.42. The molecule has 1 aliphatic heterocycles. The van der Waals surface area contributed by atoms with E-state index in [4.69, 9.17) is 4.74 Å². The fraction of sp³-hybridized carbons (Fsp3) is 0.700. The summed E-state index contributed by atoms with van der Waals surface area (Å²) >= 11 is 0. The van der Waals surface area contributed by atoms with E-state index in [1.54, 1.807) is 0 Å². The molecule has 0 aliphatic carbocycles. The van der Waals surface area contributed by atoms with Crippen molar-refractivity contribution in [3.8, 4) is 0 Å². The van der Waals surface area contributed by atoms with Crippen LogP contribution in [-0.2, 0) is 9.53 Å². The third-order valence-electron chi connectivity index (χ3n) is 2.55. The van der Waals surface area contributed by atoms with Crippen molar-refractivity contribution in [2.24, 2.45) is 5.92 Å². The molecule has 1 N–H and O–H groups in total. The lowest BCUT2D eigenvalue weighted by molar-refractivity contribution is -0.144. The van der Waals surface area contributed by atoms with Crippen molar-refractivity contribution < 1.29 is 9.53 Å². The van der Waals surface area contributed by atoms with Crippen molar-refractivity contribution in [1.29, 1.82) is 0 Å². The molecule has 1 saturated heterocycles. The number of carbonyl (C=O) groups is 1. The summed E-state index contributed by atoms with van der Waals surface area (Å²) in [6.07, 6.45) is 2.13. The van der Waals surface area contributed by atoms with Crippen LogP contribution in [0, 0.1) is 5.92 Å². The first-order valence-corrected chi connectivity index (χ1v) is 4.63. The number of ether oxygens (including phenoxy) is 1. The van der Waals surface area contributed by atoms with Gasteiger partial charge in [-0.25, -0.2) is 0 Å². The van der Waals surface area contributed by atoms with Crippen molar-refractivity contribution in [2.45, 2.75) is 25.8 Å². The van der Waals surface area contributed by atoms with Crippen LogP contribution in [0.25, 0.3) is 0 Å². The highest BCUT2D eigenvalue weighted by Crippen LogP contribution is 2.23. The minimum Gasteiger partial charge on any atom is -0.468 e. The Morgan fingerprint density at radius 3 is 2.85 bits per heavy atom. The summed E-state index contributed by atoms with van der Waals surface area (Å²) in [5.74, 6) is 0.0638. The minimum absolute atomic E-state index is 0.173. The van der Waals surface area contributed by atoms with Crippen LogP contribution in [0.3, 0.4) is 0 Å². The van der Waals surface area contributed by atoms with Crippen LogP contribution < -0.4 is 5.32 Å². The molecular weight excluding hydrogens is 166 g/mol. The van der Waals surface area contributed by atoms with Crippen LogP contribution in [0.5, 0.6) is 0 Å². The van der Waals surface area contributed by atoms with Crippen LogP contribution >= 0.6 is 0 Å². The Morgan fingerprint density at radius 1 is 1.62 bits per heavy atom. The summed E-state index contributed by atoms with van der Waals surface area (Å²) in [5.41, 5.74) is 1.06. The SMILES string of the molecule is C=C(C)C1CCCNC1C(=O)OC. The van der Waals surface area contributed by atoms with Crippen LogP contribution in [0.15, 0.2) is 12.2 Å². The first-order chi connectivity index (χ1) is 6.16. The highest BCUT2D eigenvalue weighted by Gasteiger charge is 2.31. The number of methoxy groups -OCH3 is 1. The van der Waals surface area contributed by atoms with Crippen molar-refractivity contribution in [3.63, 3.8) is 0 Å². The molecule has 2 unspecified atom stereocenters. The van der Waals surface area contributed by atoms with E-state index in [1.807, 2.05) is 6.92 Å². The standard InChI is InChI=1S/C10H17NO2/c1-7(2)8-5-4-6-11-9(8)10(12)13-3/h8-9,11H,1,4-6H2,2-3H3. The quantitative estimate of drug-likeness (QED) is 0.514. The summed E-state index contributed by atoms with van der Waals surface area (Å²) in [4.78, 5) is 11.4. The maximum Gasteiger partial charge on any atom is 0.323 e. The molecule has 74 valence electrons. The predicted octanol–water partition coefficient (Wildman–Crippen LogP) is 1.10. The van der Waals surface area contributed by atoms with E-state index in [-0.39, 0.29) is 17.9 Å². The molecule has 13 heavy (non-hydrogen) atoms. The maximum absolute atomic E-state index is 11.4. The van der Waals surface area contributed by atoms with E-state index in [0.29, 0.717) is 0 Å². The number of rotatable bonds is 2. The summed E-state index contributed by atoms with van der Waals surface area (Å²) in [6, 6.07) is -0.184. The first-order valence-electron chi connectivity index (χ1n) is 4.63. The summed E-state index contributed by atoms with van der Waals surface area (Å²) < 4.78 is 4.73. The van der Waals surface area contributed by atoms with Gasteiger partial charge in [-0.15, -0.1) is 0 Å². The normalized spacial score (nSPS) is 28.2. The second-order valence-corrected chi connectivity index (χ2v) is 3.55. The van der Waals surface area contributed by atoms with Crippen LogP contribution in [0.1, 0.15) is 19.8 Å². The van der Waals surface area contributed by atoms with Gasteiger partial charge in [-0.05, 0) is 26.3 Å². The largest absolute Gasteiger partial charge is 0.468 e. The third-order valence-corrected chi connectivity index (χ3v) is 2.55. The average Bonchev–Trinajstić information content (AvgIpc) is 2.16. The number of hydrogen-bond acceptors (Lipinski definition) is 3. The molecule has 0 amide bonds. The van der Waals surface area contributed by atoms with Crippen LogP contribution in [-0.4, -0.2) is 25.7 Å². The van der Waals surface area contributed by atoms with Gasteiger partial charge >= 0.3 is 5.97 Å². The number of piperidine rings is 1. The number of esters is 1. The van der Waals surface area contributed by atoms with E-state index in [9.17, 15) is 4.79 Å². The van der Waals surface area contributed by atoms with E-state index < -0.39 is 0 Å². The van der Waals surface area contributed by atoms with E-state index in [1.165, 1.54) is 7.11 Å². The van der Waals surface area contributed by atoms with Gasteiger partial charge in [-0.2, -0.15) is 0 Å². The predicted molar refractivity (Wildman–Crippen MR) is 51.3 cm³/mol. The Kier molecular flexibility index (Phi) is 3.48. The van der Waals surface area contributed by atoms with Gasteiger partial charge in [0.05, 0.1) is 7.11 Å². The molecule has 0 aromatic carbocycles. The molecule has 1 fully saturated rings. The van der Waals surface area contributed by atoms with E-state index in [0.717, 1.165) is 25.0 Å². The molecule has 0 bridgehead atoms. The Hall–Kier alpha value is -0.830. The Bertz CT molecular complexity index is 213.